The van der Waals surface area contributed by atoms with Gasteiger partial charge >= 0.3 is 5.97 Å². The first-order chi connectivity index (χ1) is 9.60. The number of aromatic carboxylic acids is 1. The van der Waals surface area contributed by atoms with Gasteiger partial charge in [0.05, 0.1) is 12.3 Å². The monoisotopic (exact) mass is 275 g/mol. The molecule has 0 atom stereocenters. The third-order valence-corrected chi connectivity index (χ3v) is 2.75. The SMILES string of the molecule is CCOc1ccc(CNc2cn(C)nc2C(=O)O)cc1. The minimum absolute atomic E-state index is 0.0263. The number of rotatable bonds is 6. The molecule has 1 aromatic carbocycles. The Hall–Kier alpha value is -2.50. The molecule has 0 fully saturated rings. The van der Waals surface area contributed by atoms with Gasteiger partial charge in [-0.25, -0.2) is 4.79 Å². The van der Waals surface area contributed by atoms with E-state index in [1.807, 2.05) is 31.2 Å². The summed E-state index contributed by atoms with van der Waals surface area (Å²) in [5.41, 5.74) is 1.57. The van der Waals surface area contributed by atoms with Crippen molar-refractivity contribution in [2.45, 2.75) is 13.5 Å². The predicted octanol–water partition coefficient (Wildman–Crippen LogP) is 2.13. The van der Waals surface area contributed by atoms with Crippen LogP contribution < -0.4 is 10.1 Å². The number of benzene rings is 1. The van der Waals surface area contributed by atoms with Crippen molar-refractivity contribution in [2.24, 2.45) is 7.05 Å². The van der Waals surface area contributed by atoms with Gasteiger partial charge < -0.3 is 15.2 Å². The molecule has 0 aliphatic carbocycles. The minimum Gasteiger partial charge on any atom is -0.494 e. The quantitative estimate of drug-likeness (QED) is 0.844. The largest absolute Gasteiger partial charge is 0.494 e. The first kappa shape index (κ1) is 13.9. The van der Waals surface area contributed by atoms with Gasteiger partial charge in [-0.05, 0) is 24.6 Å². The number of aromatic nitrogens is 2. The average molecular weight is 275 g/mol. The first-order valence-electron chi connectivity index (χ1n) is 6.32. The van der Waals surface area contributed by atoms with Gasteiger partial charge in [0.15, 0.2) is 5.69 Å². The van der Waals surface area contributed by atoms with Crippen LogP contribution >= 0.6 is 0 Å². The number of carbonyl (C=O) groups is 1. The molecule has 0 bridgehead atoms. The van der Waals surface area contributed by atoms with Crippen molar-refractivity contribution in [3.8, 4) is 5.75 Å². The van der Waals surface area contributed by atoms with E-state index < -0.39 is 5.97 Å². The topological polar surface area (TPSA) is 76.4 Å². The Labute approximate surface area is 117 Å². The fourth-order valence-corrected chi connectivity index (χ4v) is 1.84. The number of aryl methyl sites for hydroxylation is 1. The standard InChI is InChI=1S/C14H17N3O3/c1-3-20-11-6-4-10(5-7-11)8-15-12-9-17(2)16-13(12)14(18)19/h4-7,9,15H,3,8H2,1-2H3,(H,18,19). The molecule has 0 saturated carbocycles. The van der Waals surface area contributed by atoms with Crippen molar-refractivity contribution >= 4 is 11.7 Å². The molecule has 2 rings (SSSR count). The molecule has 6 nitrogen and oxygen atoms in total. The highest BCUT2D eigenvalue weighted by Gasteiger charge is 2.14. The van der Waals surface area contributed by atoms with Gasteiger partial charge in [0, 0.05) is 19.8 Å². The summed E-state index contributed by atoms with van der Waals surface area (Å²) in [4.78, 5) is 11.0. The second kappa shape index (κ2) is 6.10. The molecule has 20 heavy (non-hydrogen) atoms. The van der Waals surface area contributed by atoms with Gasteiger partial charge in [-0.15, -0.1) is 0 Å². The molecule has 0 unspecified atom stereocenters. The first-order valence-corrected chi connectivity index (χ1v) is 6.32. The number of anilines is 1. The summed E-state index contributed by atoms with van der Waals surface area (Å²) in [5.74, 6) is -0.219. The van der Waals surface area contributed by atoms with E-state index in [1.165, 1.54) is 4.68 Å². The maximum atomic E-state index is 11.0. The van der Waals surface area contributed by atoms with Crippen molar-refractivity contribution in [1.82, 2.24) is 9.78 Å². The molecule has 0 radical (unpaired) electrons. The molecule has 6 heteroatoms. The van der Waals surface area contributed by atoms with Crippen LogP contribution in [0.5, 0.6) is 5.75 Å². The molecule has 0 aliphatic rings. The summed E-state index contributed by atoms with van der Waals surface area (Å²) in [6.45, 7) is 3.10. The third kappa shape index (κ3) is 3.28. The van der Waals surface area contributed by atoms with Crippen LogP contribution in [0, 0.1) is 0 Å². The van der Waals surface area contributed by atoms with E-state index in [0.717, 1.165) is 11.3 Å². The van der Waals surface area contributed by atoms with E-state index in [0.29, 0.717) is 18.8 Å². The lowest BCUT2D eigenvalue weighted by Crippen LogP contribution is -2.05. The highest BCUT2D eigenvalue weighted by Crippen LogP contribution is 2.16. The van der Waals surface area contributed by atoms with Crippen LogP contribution in [-0.2, 0) is 13.6 Å². The number of nitrogens with zero attached hydrogens (tertiary/aromatic N) is 2. The van der Waals surface area contributed by atoms with Gasteiger partial charge in [-0.3, -0.25) is 4.68 Å². The Balaban J connectivity index is 2.03. The molecule has 106 valence electrons. The van der Waals surface area contributed by atoms with E-state index in [9.17, 15) is 4.79 Å². The fraction of sp³-hybridized carbons (Fsp3) is 0.286. The summed E-state index contributed by atoms with van der Waals surface area (Å²) < 4.78 is 6.84. The lowest BCUT2D eigenvalue weighted by molar-refractivity contribution is 0.0690. The maximum absolute atomic E-state index is 11.0. The normalized spacial score (nSPS) is 10.3. The molecule has 0 saturated heterocycles. The summed E-state index contributed by atoms with van der Waals surface area (Å²) >= 11 is 0. The molecule has 1 aromatic heterocycles. The van der Waals surface area contributed by atoms with Gasteiger partial charge in [-0.1, -0.05) is 12.1 Å². The highest BCUT2D eigenvalue weighted by molar-refractivity contribution is 5.91. The van der Waals surface area contributed by atoms with Crippen LogP contribution in [0.3, 0.4) is 0 Å². The molecule has 1 heterocycles. The van der Waals surface area contributed by atoms with Crippen LogP contribution in [0.1, 0.15) is 23.0 Å². The summed E-state index contributed by atoms with van der Waals surface area (Å²) in [5, 5.41) is 16.0. The molecule has 0 spiro atoms. The second-order valence-electron chi connectivity index (χ2n) is 4.30. The number of carboxylic acids is 1. The summed E-state index contributed by atoms with van der Waals surface area (Å²) in [6.07, 6.45) is 1.65. The Morgan fingerprint density at radius 3 is 2.70 bits per heavy atom. The van der Waals surface area contributed by atoms with Crippen molar-refractivity contribution in [1.29, 1.82) is 0 Å². The summed E-state index contributed by atoms with van der Waals surface area (Å²) in [6, 6.07) is 7.66. The van der Waals surface area contributed by atoms with Gasteiger partial charge in [-0.2, -0.15) is 5.10 Å². The van der Waals surface area contributed by atoms with E-state index >= 15 is 0 Å². The smallest absolute Gasteiger partial charge is 0.358 e. The molecule has 0 aliphatic heterocycles. The van der Waals surface area contributed by atoms with Crippen molar-refractivity contribution in [3.05, 3.63) is 41.7 Å². The number of hydrogen-bond donors (Lipinski definition) is 2. The van der Waals surface area contributed by atoms with Crippen LogP contribution in [-0.4, -0.2) is 27.5 Å². The van der Waals surface area contributed by atoms with E-state index in [-0.39, 0.29) is 5.69 Å². The predicted molar refractivity (Wildman–Crippen MR) is 75.1 cm³/mol. The Morgan fingerprint density at radius 1 is 1.40 bits per heavy atom. The zero-order valence-corrected chi connectivity index (χ0v) is 11.5. The van der Waals surface area contributed by atoms with Crippen LogP contribution in [0.15, 0.2) is 30.5 Å². The molecule has 2 N–H and O–H groups in total. The lowest BCUT2D eigenvalue weighted by Gasteiger charge is -2.07. The summed E-state index contributed by atoms with van der Waals surface area (Å²) in [7, 11) is 1.69. The average Bonchev–Trinajstić information content (AvgIpc) is 2.80. The number of nitrogens with one attached hydrogen (secondary N) is 1. The van der Waals surface area contributed by atoms with E-state index in [4.69, 9.17) is 9.84 Å². The van der Waals surface area contributed by atoms with Gasteiger partial charge in [0.1, 0.15) is 5.75 Å². The van der Waals surface area contributed by atoms with Crippen LogP contribution in [0.4, 0.5) is 5.69 Å². The van der Waals surface area contributed by atoms with Crippen LogP contribution in [0.25, 0.3) is 0 Å². The molecule has 2 aromatic rings. The van der Waals surface area contributed by atoms with E-state index in [2.05, 4.69) is 10.4 Å². The molecule has 0 amide bonds. The second-order valence-corrected chi connectivity index (χ2v) is 4.30. The Bertz CT molecular complexity index is 590. The Morgan fingerprint density at radius 2 is 2.10 bits per heavy atom. The zero-order chi connectivity index (χ0) is 14.5. The van der Waals surface area contributed by atoms with Crippen molar-refractivity contribution < 1.29 is 14.6 Å². The number of carboxylic acid groups (broad SMARTS) is 1. The van der Waals surface area contributed by atoms with Crippen molar-refractivity contribution in [2.75, 3.05) is 11.9 Å². The lowest BCUT2D eigenvalue weighted by atomic mass is 10.2. The number of hydrogen-bond acceptors (Lipinski definition) is 4. The zero-order valence-electron chi connectivity index (χ0n) is 11.5. The molecular formula is C14H17N3O3. The fourth-order valence-electron chi connectivity index (χ4n) is 1.84. The number of ether oxygens (including phenoxy) is 1. The maximum Gasteiger partial charge on any atom is 0.358 e. The molecular weight excluding hydrogens is 258 g/mol. The van der Waals surface area contributed by atoms with Crippen LogP contribution in [0.2, 0.25) is 0 Å². The van der Waals surface area contributed by atoms with Gasteiger partial charge in [0.2, 0.25) is 0 Å². The Kier molecular flexibility index (Phi) is 4.24. The van der Waals surface area contributed by atoms with E-state index in [1.54, 1.807) is 13.2 Å². The third-order valence-electron chi connectivity index (χ3n) is 2.75. The van der Waals surface area contributed by atoms with Gasteiger partial charge in [0.25, 0.3) is 0 Å². The van der Waals surface area contributed by atoms with Crippen molar-refractivity contribution in [3.63, 3.8) is 0 Å². The highest BCUT2D eigenvalue weighted by atomic mass is 16.5. The minimum atomic E-state index is -1.04.